The van der Waals surface area contributed by atoms with Crippen LogP contribution < -0.4 is 0 Å². The molecule has 1 aliphatic rings. The normalized spacial score (nSPS) is 18.7. The Balaban J connectivity index is 1.51. The van der Waals surface area contributed by atoms with Gasteiger partial charge in [-0.1, -0.05) is 76.8 Å². The third-order valence-corrected chi connectivity index (χ3v) is 5.15. The predicted molar refractivity (Wildman–Crippen MR) is 107 cm³/mol. The van der Waals surface area contributed by atoms with E-state index in [0.29, 0.717) is 18.8 Å². The number of carbonyl (C=O) groups excluding carboxylic acids is 1. The molecular weight excluding hydrogens is 324 g/mol. The van der Waals surface area contributed by atoms with Crippen molar-refractivity contribution in [3.05, 3.63) is 35.4 Å². The third kappa shape index (κ3) is 8.35. The molecule has 0 bridgehead atoms. The molecule has 0 spiro atoms. The van der Waals surface area contributed by atoms with Gasteiger partial charge in [0.1, 0.15) is 12.2 Å². The summed E-state index contributed by atoms with van der Waals surface area (Å²) in [4.78, 5) is 12.0. The Hall–Kier alpha value is -1.35. The van der Waals surface area contributed by atoms with E-state index in [1.165, 1.54) is 69.8 Å². The number of rotatable bonds is 14. The van der Waals surface area contributed by atoms with Crippen LogP contribution in [0.1, 0.15) is 94.0 Å². The highest BCUT2D eigenvalue weighted by Crippen LogP contribution is 2.26. The molecule has 1 saturated heterocycles. The number of hydrogen-bond acceptors (Lipinski definition) is 3. The minimum Gasteiger partial charge on any atom is -0.459 e. The first kappa shape index (κ1) is 21.0. The Morgan fingerprint density at radius 2 is 1.50 bits per heavy atom. The van der Waals surface area contributed by atoms with Gasteiger partial charge in [0, 0.05) is 0 Å². The van der Waals surface area contributed by atoms with Crippen molar-refractivity contribution < 1.29 is 14.3 Å². The summed E-state index contributed by atoms with van der Waals surface area (Å²) in [6.45, 7) is 5.24. The summed E-state index contributed by atoms with van der Waals surface area (Å²) in [5, 5.41) is 0. The topological polar surface area (TPSA) is 38.8 Å². The molecule has 0 radical (unpaired) electrons. The van der Waals surface area contributed by atoms with Crippen molar-refractivity contribution in [2.45, 2.75) is 90.1 Å². The number of hydrogen-bond donors (Lipinski definition) is 0. The molecular formula is C23H36O3. The van der Waals surface area contributed by atoms with Gasteiger partial charge in [-0.05, 0) is 37.5 Å². The van der Waals surface area contributed by atoms with Gasteiger partial charge in [-0.3, -0.25) is 0 Å². The van der Waals surface area contributed by atoms with Crippen LogP contribution in [0.15, 0.2) is 24.3 Å². The van der Waals surface area contributed by atoms with E-state index in [1.807, 2.05) is 19.1 Å². The Morgan fingerprint density at radius 1 is 0.962 bits per heavy atom. The van der Waals surface area contributed by atoms with Crippen molar-refractivity contribution in [2.75, 3.05) is 13.2 Å². The van der Waals surface area contributed by atoms with Crippen LogP contribution in [0.25, 0.3) is 0 Å². The first-order valence-corrected chi connectivity index (χ1v) is 10.5. The highest BCUT2D eigenvalue weighted by Gasteiger charge is 2.40. The second-order valence-corrected chi connectivity index (χ2v) is 7.94. The van der Waals surface area contributed by atoms with Gasteiger partial charge in [0.15, 0.2) is 0 Å². The van der Waals surface area contributed by atoms with Crippen LogP contribution >= 0.6 is 0 Å². The lowest BCUT2D eigenvalue weighted by Crippen LogP contribution is -2.18. The fourth-order valence-electron chi connectivity index (χ4n) is 3.13. The molecule has 0 saturated carbocycles. The van der Waals surface area contributed by atoms with Crippen LogP contribution in [0.3, 0.4) is 0 Å². The second-order valence-electron chi connectivity index (χ2n) is 7.94. The molecule has 1 fully saturated rings. The molecule has 1 aromatic carbocycles. The van der Waals surface area contributed by atoms with Gasteiger partial charge in [-0.25, -0.2) is 4.79 Å². The standard InChI is InChI=1S/C23H36O3/c1-3-4-5-6-7-8-9-10-11-12-13-20-14-16-21(17-15-20)22(24)25-18-23(2)19-26-23/h14-17H,3-13,18-19H2,1-2H3. The Kier molecular flexibility index (Phi) is 9.17. The maximum absolute atomic E-state index is 12.0. The van der Waals surface area contributed by atoms with Crippen LogP contribution in [0, 0.1) is 0 Å². The first-order chi connectivity index (χ1) is 12.6. The van der Waals surface area contributed by atoms with E-state index in [4.69, 9.17) is 9.47 Å². The van der Waals surface area contributed by atoms with Crippen LogP contribution in [0.2, 0.25) is 0 Å². The lowest BCUT2D eigenvalue weighted by Gasteiger charge is -2.08. The van der Waals surface area contributed by atoms with E-state index in [1.54, 1.807) is 0 Å². The van der Waals surface area contributed by atoms with Crippen LogP contribution in [-0.4, -0.2) is 24.8 Å². The highest BCUT2D eigenvalue weighted by molar-refractivity contribution is 5.89. The number of benzene rings is 1. The number of carbonyl (C=O) groups is 1. The summed E-state index contributed by atoms with van der Waals surface area (Å²) in [5.41, 5.74) is 1.69. The fraction of sp³-hybridized carbons (Fsp3) is 0.696. The van der Waals surface area contributed by atoms with Crippen LogP contribution in [0.5, 0.6) is 0 Å². The Labute approximate surface area is 159 Å². The second kappa shape index (κ2) is 11.4. The molecule has 146 valence electrons. The molecule has 3 heteroatoms. The van der Waals surface area contributed by atoms with E-state index in [-0.39, 0.29) is 11.6 Å². The smallest absolute Gasteiger partial charge is 0.338 e. The molecule has 26 heavy (non-hydrogen) atoms. The molecule has 1 atom stereocenters. The Bertz CT molecular complexity index is 517. The SMILES string of the molecule is CCCCCCCCCCCCc1ccc(C(=O)OCC2(C)CO2)cc1. The van der Waals surface area contributed by atoms with Gasteiger partial charge < -0.3 is 9.47 Å². The van der Waals surface area contributed by atoms with Crippen LogP contribution in [-0.2, 0) is 15.9 Å². The lowest BCUT2D eigenvalue weighted by atomic mass is 10.0. The van der Waals surface area contributed by atoms with Gasteiger partial charge in [-0.15, -0.1) is 0 Å². The van der Waals surface area contributed by atoms with E-state index < -0.39 is 0 Å². The third-order valence-electron chi connectivity index (χ3n) is 5.15. The van der Waals surface area contributed by atoms with Crippen molar-refractivity contribution in [3.63, 3.8) is 0 Å². The van der Waals surface area contributed by atoms with Gasteiger partial charge in [0.2, 0.25) is 0 Å². The number of aryl methyl sites for hydroxylation is 1. The molecule has 3 nitrogen and oxygen atoms in total. The Morgan fingerprint density at radius 3 is 2.04 bits per heavy atom. The summed E-state index contributed by atoms with van der Waals surface area (Å²) in [7, 11) is 0. The summed E-state index contributed by atoms with van der Waals surface area (Å²) in [5.74, 6) is -0.257. The summed E-state index contributed by atoms with van der Waals surface area (Å²) in [6, 6.07) is 7.87. The number of unbranched alkanes of at least 4 members (excludes halogenated alkanes) is 9. The van der Waals surface area contributed by atoms with E-state index >= 15 is 0 Å². The molecule has 2 rings (SSSR count). The molecule has 0 amide bonds. The van der Waals surface area contributed by atoms with Gasteiger partial charge in [0.05, 0.1) is 12.2 Å². The number of ether oxygens (including phenoxy) is 2. The number of epoxide rings is 1. The zero-order valence-electron chi connectivity index (χ0n) is 16.7. The molecule has 1 aliphatic heterocycles. The minimum atomic E-state index is -0.257. The molecule has 0 aromatic heterocycles. The van der Waals surface area contributed by atoms with Crippen molar-refractivity contribution in [1.29, 1.82) is 0 Å². The quantitative estimate of drug-likeness (QED) is 0.229. The van der Waals surface area contributed by atoms with Crippen molar-refractivity contribution >= 4 is 5.97 Å². The maximum Gasteiger partial charge on any atom is 0.338 e. The molecule has 1 heterocycles. The number of esters is 1. The van der Waals surface area contributed by atoms with Crippen molar-refractivity contribution in [2.24, 2.45) is 0 Å². The average Bonchev–Trinajstić information content (AvgIpc) is 3.39. The van der Waals surface area contributed by atoms with Gasteiger partial charge in [0.25, 0.3) is 0 Å². The highest BCUT2D eigenvalue weighted by atomic mass is 16.6. The zero-order chi connectivity index (χ0) is 18.7. The summed E-state index contributed by atoms with van der Waals surface area (Å²) < 4.78 is 10.5. The van der Waals surface area contributed by atoms with E-state index in [2.05, 4.69) is 19.1 Å². The molecule has 1 unspecified atom stereocenters. The summed E-state index contributed by atoms with van der Waals surface area (Å²) >= 11 is 0. The molecule has 0 N–H and O–H groups in total. The average molecular weight is 361 g/mol. The molecule has 1 aromatic rings. The predicted octanol–water partition coefficient (Wildman–Crippen LogP) is 6.10. The monoisotopic (exact) mass is 360 g/mol. The summed E-state index contributed by atoms with van der Waals surface area (Å²) in [6.07, 6.45) is 14.7. The zero-order valence-corrected chi connectivity index (χ0v) is 16.7. The van der Waals surface area contributed by atoms with Crippen LogP contribution in [0.4, 0.5) is 0 Å². The van der Waals surface area contributed by atoms with E-state index in [0.717, 1.165) is 6.42 Å². The van der Waals surface area contributed by atoms with Gasteiger partial charge in [-0.2, -0.15) is 0 Å². The van der Waals surface area contributed by atoms with Crippen molar-refractivity contribution in [3.8, 4) is 0 Å². The largest absolute Gasteiger partial charge is 0.459 e. The first-order valence-electron chi connectivity index (χ1n) is 10.5. The lowest BCUT2D eigenvalue weighted by molar-refractivity contribution is 0.0411. The maximum atomic E-state index is 12.0. The minimum absolute atomic E-state index is 0.245. The van der Waals surface area contributed by atoms with E-state index in [9.17, 15) is 4.79 Å². The van der Waals surface area contributed by atoms with Gasteiger partial charge >= 0.3 is 5.97 Å². The fourth-order valence-corrected chi connectivity index (χ4v) is 3.13. The molecule has 0 aliphatic carbocycles. The van der Waals surface area contributed by atoms with Crippen molar-refractivity contribution in [1.82, 2.24) is 0 Å².